The van der Waals surface area contributed by atoms with Crippen molar-refractivity contribution < 1.29 is 18.0 Å². The lowest BCUT2D eigenvalue weighted by atomic mass is 10.1. The summed E-state index contributed by atoms with van der Waals surface area (Å²) in [5.74, 6) is -0.781. The molecule has 0 fully saturated rings. The lowest BCUT2D eigenvalue weighted by Crippen LogP contribution is -2.51. The van der Waals surface area contributed by atoms with Crippen LogP contribution in [-0.2, 0) is 26.2 Å². The van der Waals surface area contributed by atoms with Crippen molar-refractivity contribution in [2.24, 2.45) is 0 Å². The number of aryl methyl sites for hydroxylation is 1. The fourth-order valence-electron chi connectivity index (χ4n) is 3.91. The van der Waals surface area contributed by atoms with Crippen molar-refractivity contribution in [1.29, 1.82) is 0 Å². The predicted octanol–water partition coefficient (Wildman–Crippen LogP) is 4.51. The van der Waals surface area contributed by atoms with Crippen LogP contribution in [0, 0.1) is 6.92 Å². The summed E-state index contributed by atoms with van der Waals surface area (Å²) in [6, 6.07) is 21.6. The number of halogens is 1. The van der Waals surface area contributed by atoms with Gasteiger partial charge in [0, 0.05) is 18.1 Å². The molecule has 0 aliphatic heterocycles. The van der Waals surface area contributed by atoms with E-state index in [4.69, 9.17) is 0 Å². The molecule has 0 unspecified atom stereocenters. The van der Waals surface area contributed by atoms with Gasteiger partial charge in [0.15, 0.2) is 0 Å². The van der Waals surface area contributed by atoms with Crippen LogP contribution in [0.3, 0.4) is 0 Å². The molecule has 3 aromatic carbocycles. The van der Waals surface area contributed by atoms with Gasteiger partial charge in [0.05, 0.1) is 10.6 Å². The van der Waals surface area contributed by atoms with Gasteiger partial charge in [0.25, 0.3) is 10.0 Å². The molecule has 3 aromatic rings. The second-order valence-electron chi connectivity index (χ2n) is 8.29. The summed E-state index contributed by atoms with van der Waals surface area (Å²) in [5, 5.41) is 2.63. The average molecular weight is 573 g/mol. The van der Waals surface area contributed by atoms with Crippen LogP contribution in [0.5, 0.6) is 0 Å². The maximum absolute atomic E-state index is 13.8. The minimum atomic E-state index is -4.06. The van der Waals surface area contributed by atoms with E-state index >= 15 is 0 Å². The van der Waals surface area contributed by atoms with Crippen LogP contribution in [0.15, 0.2) is 88.2 Å². The van der Waals surface area contributed by atoms with Gasteiger partial charge in [-0.25, -0.2) is 8.42 Å². The summed E-state index contributed by atoms with van der Waals surface area (Å²) in [5.41, 5.74) is 2.21. The average Bonchev–Trinajstić information content (AvgIpc) is 2.89. The van der Waals surface area contributed by atoms with Gasteiger partial charge in [0.2, 0.25) is 11.8 Å². The van der Waals surface area contributed by atoms with Crippen molar-refractivity contribution in [2.75, 3.05) is 17.9 Å². The first-order chi connectivity index (χ1) is 17.2. The molecule has 0 spiro atoms. The first-order valence-corrected chi connectivity index (χ1v) is 13.8. The number of carbonyl (C=O) groups excluding carboxylic acids is 2. The Morgan fingerprint density at radius 2 is 1.56 bits per heavy atom. The first-order valence-electron chi connectivity index (χ1n) is 11.6. The van der Waals surface area contributed by atoms with Gasteiger partial charge in [-0.15, -0.1) is 0 Å². The van der Waals surface area contributed by atoms with E-state index in [2.05, 4.69) is 21.2 Å². The van der Waals surface area contributed by atoms with Crippen molar-refractivity contribution in [3.8, 4) is 0 Å². The van der Waals surface area contributed by atoms with Gasteiger partial charge < -0.3 is 10.2 Å². The van der Waals surface area contributed by atoms with Crippen molar-refractivity contribution in [2.45, 2.75) is 37.8 Å². The second-order valence-corrected chi connectivity index (χ2v) is 11.1. The normalized spacial score (nSPS) is 12.0. The zero-order valence-electron chi connectivity index (χ0n) is 20.5. The molecule has 0 aromatic heterocycles. The Morgan fingerprint density at radius 1 is 0.944 bits per heavy atom. The zero-order valence-corrected chi connectivity index (χ0v) is 22.9. The molecule has 0 saturated carbocycles. The van der Waals surface area contributed by atoms with E-state index < -0.39 is 28.5 Å². The van der Waals surface area contributed by atoms with Crippen LogP contribution in [0.1, 0.15) is 24.5 Å². The Labute approximate surface area is 221 Å². The van der Waals surface area contributed by atoms with E-state index in [9.17, 15) is 18.0 Å². The van der Waals surface area contributed by atoms with Crippen LogP contribution in [0.25, 0.3) is 0 Å². The van der Waals surface area contributed by atoms with E-state index in [1.807, 2.05) is 38.1 Å². The highest BCUT2D eigenvalue weighted by Crippen LogP contribution is 2.26. The Morgan fingerprint density at radius 3 is 2.14 bits per heavy atom. The van der Waals surface area contributed by atoms with Crippen molar-refractivity contribution in [3.63, 3.8) is 0 Å². The lowest BCUT2D eigenvalue weighted by Gasteiger charge is -2.33. The number of hydrogen-bond acceptors (Lipinski definition) is 4. The first kappa shape index (κ1) is 27.4. The highest BCUT2D eigenvalue weighted by Gasteiger charge is 2.33. The third-order valence-corrected chi connectivity index (χ3v) is 8.28. The van der Waals surface area contributed by atoms with Crippen LogP contribution in [0.4, 0.5) is 5.69 Å². The third kappa shape index (κ3) is 6.33. The van der Waals surface area contributed by atoms with E-state index in [0.717, 1.165) is 19.9 Å². The van der Waals surface area contributed by atoms with E-state index in [-0.39, 0.29) is 17.3 Å². The second kappa shape index (κ2) is 12.2. The number of amides is 2. The van der Waals surface area contributed by atoms with Gasteiger partial charge in [-0.05, 0) is 60.9 Å². The molecule has 1 atom stereocenters. The predicted molar refractivity (Wildman–Crippen MR) is 145 cm³/mol. The number of rotatable bonds is 10. The highest BCUT2D eigenvalue weighted by molar-refractivity contribution is 9.10. The number of nitrogens with one attached hydrogen (secondary N) is 1. The molecule has 36 heavy (non-hydrogen) atoms. The van der Waals surface area contributed by atoms with Gasteiger partial charge in [0.1, 0.15) is 12.6 Å². The van der Waals surface area contributed by atoms with Crippen molar-refractivity contribution >= 4 is 43.5 Å². The molecule has 0 heterocycles. The monoisotopic (exact) mass is 571 g/mol. The standard InChI is InChI=1S/C27H30BrN3O4S/c1-4-25(27(33)29-3)30(18-21-11-9-8-10-20(21)2)26(32)19-31(23-16-14-22(28)15-17-23)36(34,35)24-12-6-5-7-13-24/h5-17,25H,4,18-19H2,1-3H3,(H,29,33)/t25-/m0/s1. The fraction of sp³-hybridized carbons (Fsp3) is 0.259. The summed E-state index contributed by atoms with van der Waals surface area (Å²) in [4.78, 5) is 28.1. The number of nitrogens with zero attached hydrogens (tertiary/aromatic N) is 2. The van der Waals surface area contributed by atoms with Crippen LogP contribution < -0.4 is 9.62 Å². The fourth-order valence-corrected chi connectivity index (χ4v) is 5.61. The number of likely N-dealkylation sites (N-methyl/N-ethyl adjacent to an activating group) is 1. The maximum atomic E-state index is 13.8. The minimum Gasteiger partial charge on any atom is -0.357 e. The Hall–Kier alpha value is -3.17. The number of benzene rings is 3. The summed E-state index contributed by atoms with van der Waals surface area (Å²) < 4.78 is 29.2. The molecular formula is C27H30BrN3O4S. The van der Waals surface area contributed by atoms with Crippen molar-refractivity contribution in [3.05, 3.63) is 94.5 Å². The molecule has 0 aliphatic rings. The quantitative estimate of drug-likeness (QED) is 0.388. The van der Waals surface area contributed by atoms with Crippen LogP contribution >= 0.6 is 15.9 Å². The molecule has 0 radical (unpaired) electrons. The number of sulfonamides is 1. The smallest absolute Gasteiger partial charge is 0.264 e. The molecule has 0 saturated heterocycles. The number of carbonyl (C=O) groups is 2. The molecule has 7 nitrogen and oxygen atoms in total. The van der Waals surface area contributed by atoms with Gasteiger partial charge in [-0.3, -0.25) is 13.9 Å². The largest absolute Gasteiger partial charge is 0.357 e. The van der Waals surface area contributed by atoms with Crippen molar-refractivity contribution in [1.82, 2.24) is 10.2 Å². The van der Waals surface area contributed by atoms with Crippen LogP contribution in [-0.4, -0.2) is 44.8 Å². The van der Waals surface area contributed by atoms with E-state index in [1.165, 1.54) is 24.1 Å². The molecule has 9 heteroatoms. The molecule has 0 aliphatic carbocycles. The number of anilines is 1. The van der Waals surface area contributed by atoms with Gasteiger partial charge in [-0.1, -0.05) is 65.3 Å². The summed E-state index contributed by atoms with van der Waals surface area (Å²) in [6.45, 7) is 3.48. The van der Waals surface area contributed by atoms with Crippen LogP contribution in [0.2, 0.25) is 0 Å². The summed E-state index contributed by atoms with van der Waals surface area (Å²) in [7, 11) is -2.54. The molecule has 190 valence electrons. The lowest BCUT2D eigenvalue weighted by molar-refractivity contribution is -0.140. The zero-order chi connectivity index (χ0) is 26.3. The minimum absolute atomic E-state index is 0.0736. The maximum Gasteiger partial charge on any atom is 0.264 e. The topological polar surface area (TPSA) is 86.8 Å². The molecule has 1 N–H and O–H groups in total. The molecule has 3 rings (SSSR count). The summed E-state index contributed by atoms with van der Waals surface area (Å²) >= 11 is 3.37. The van der Waals surface area contributed by atoms with E-state index in [0.29, 0.717) is 12.1 Å². The van der Waals surface area contributed by atoms with Gasteiger partial charge >= 0.3 is 0 Å². The molecular weight excluding hydrogens is 542 g/mol. The van der Waals surface area contributed by atoms with E-state index in [1.54, 1.807) is 42.5 Å². The Kier molecular flexibility index (Phi) is 9.28. The summed E-state index contributed by atoms with van der Waals surface area (Å²) in [6.07, 6.45) is 0.376. The number of hydrogen-bond donors (Lipinski definition) is 1. The van der Waals surface area contributed by atoms with Gasteiger partial charge in [-0.2, -0.15) is 0 Å². The SMILES string of the molecule is CC[C@@H](C(=O)NC)N(Cc1ccccc1C)C(=O)CN(c1ccc(Br)cc1)S(=O)(=O)c1ccccc1. The molecule has 0 bridgehead atoms. The Bertz CT molecular complexity index is 1300. The third-order valence-electron chi connectivity index (χ3n) is 5.96. The highest BCUT2D eigenvalue weighted by atomic mass is 79.9. The Balaban J connectivity index is 2.05. The molecule has 2 amide bonds.